The zero-order valence-corrected chi connectivity index (χ0v) is 13.9. The molecule has 1 aliphatic heterocycles. The van der Waals surface area contributed by atoms with Crippen molar-refractivity contribution in [3.63, 3.8) is 0 Å². The number of rotatable bonds is 3. The predicted octanol–water partition coefficient (Wildman–Crippen LogP) is 2.88. The van der Waals surface area contributed by atoms with E-state index in [0.717, 1.165) is 30.1 Å². The first kappa shape index (κ1) is 15.0. The molecular weight excluding hydrogens is 322 g/mol. The fraction of sp³-hybridized carbons (Fsp3) is 0.294. The first-order chi connectivity index (χ1) is 11.8. The van der Waals surface area contributed by atoms with Gasteiger partial charge >= 0.3 is 0 Å². The quantitative estimate of drug-likeness (QED) is 0.736. The summed E-state index contributed by atoms with van der Waals surface area (Å²) in [5.74, 6) is 0.0551. The van der Waals surface area contributed by atoms with Gasteiger partial charge in [0.05, 0.1) is 24.3 Å². The molecule has 0 saturated carbocycles. The van der Waals surface area contributed by atoms with Crippen molar-refractivity contribution >= 4 is 17.2 Å². The molecule has 0 unspecified atom stereocenters. The average Bonchev–Trinajstić information content (AvgIpc) is 3.34. The number of pyridine rings is 1. The summed E-state index contributed by atoms with van der Waals surface area (Å²) < 4.78 is 2.09. The van der Waals surface area contributed by atoms with Gasteiger partial charge in [-0.3, -0.25) is 9.78 Å². The van der Waals surface area contributed by atoms with Gasteiger partial charge in [0, 0.05) is 31.7 Å². The van der Waals surface area contributed by atoms with Gasteiger partial charge in [0.15, 0.2) is 0 Å². The van der Waals surface area contributed by atoms with Crippen molar-refractivity contribution in [3.8, 4) is 10.7 Å². The summed E-state index contributed by atoms with van der Waals surface area (Å²) in [5.41, 5.74) is 0.802. The molecular formula is C17H17N5OS. The molecule has 1 aliphatic rings. The van der Waals surface area contributed by atoms with Crippen LogP contribution in [0.25, 0.3) is 10.7 Å². The minimum atomic E-state index is 0.0551. The Hall–Kier alpha value is -2.54. The molecule has 4 heterocycles. The number of amides is 1. The van der Waals surface area contributed by atoms with E-state index in [-0.39, 0.29) is 5.91 Å². The number of likely N-dealkylation sites (tertiary alicyclic amines) is 1. The standard InChI is InChI=1S/C17H17N5OS/c23-17(15-10-20-16(24-15)14-5-1-2-6-19-14)21-8-3-4-13(11-21)22-9-7-18-12-22/h1-2,5-7,9-10,12-13H,3-4,8,11H2/t13-/m1/s1. The Bertz CT molecular complexity index is 815. The summed E-state index contributed by atoms with van der Waals surface area (Å²) in [6, 6.07) is 6.00. The fourth-order valence-corrected chi connectivity index (χ4v) is 3.87. The minimum absolute atomic E-state index is 0.0551. The summed E-state index contributed by atoms with van der Waals surface area (Å²) in [6.07, 6.45) is 11.0. The van der Waals surface area contributed by atoms with Crippen LogP contribution in [0.1, 0.15) is 28.6 Å². The third-order valence-corrected chi connectivity index (χ3v) is 5.24. The van der Waals surface area contributed by atoms with Crippen LogP contribution >= 0.6 is 11.3 Å². The van der Waals surface area contributed by atoms with Gasteiger partial charge in [0.2, 0.25) is 0 Å². The summed E-state index contributed by atoms with van der Waals surface area (Å²) >= 11 is 1.40. The van der Waals surface area contributed by atoms with Crippen molar-refractivity contribution in [3.05, 3.63) is 54.2 Å². The van der Waals surface area contributed by atoms with Gasteiger partial charge < -0.3 is 9.47 Å². The number of carbonyl (C=O) groups is 1. The largest absolute Gasteiger partial charge is 0.336 e. The van der Waals surface area contributed by atoms with Crippen LogP contribution in [0.2, 0.25) is 0 Å². The predicted molar refractivity (Wildman–Crippen MR) is 91.7 cm³/mol. The molecule has 0 aromatic carbocycles. The lowest BCUT2D eigenvalue weighted by Crippen LogP contribution is -2.40. The van der Waals surface area contributed by atoms with Gasteiger partial charge in [0.1, 0.15) is 9.88 Å². The van der Waals surface area contributed by atoms with Gasteiger partial charge in [-0.1, -0.05) is 6.07 Å². The maximum absolute atomic E-state index is 12.8. The third-order valence-electron chi connectivity index (χ3n) is 4.23. The van der Waals surface area contributed by atoms with Crippen molar-refractivity contribution in [2.45, 2.75) is 18.9 Å². The first-order valence-electron chi connectivity index (χ1n) is 7.95. The summed E-state index contributed by atoms with van der Waals surface area (Å²) in [4.78, 5) is 28.2. The molecule has 0 radical (unpaired) electrons. The number of nitrogens with zero attached hydrogens (tertiary/aromatic N) is 5. The van der Waals surface area contributed by atoms with E-state index in [1.165, 1.54) is 11.3 Å². The minimum Gasteiger partial charge on any atom is -0.336 e. The second-order valence-corrected chi connectivity index (χ2v) is 6.83. The lowest BCUT2D eigenvalue weighted by atomic mass is 10.1. The van der Waals surface area contributed by atoms with Gasteiger partial charge in [-0.2, -0.15) is 0 Å². The van der Waals surface area contributed by atoms with E-state index in [9.17, 15) is 4.79 Å². The van der Waals surface area contributed by atoms with Crippen molar-refractivity contribution in [2.75, 3.05) is 13.1 Å². The highest BCUT2D eigenvalue weighted by molar-refractivity contribution is 7.16. The first-order valence-corrected chi connectivity index (χ1v) is 8.77. The van der Waals surface area contributed by atoms with Gasteiger partial charge in [-0.15, -0.1) is 11.3 Å². The van der Waals surface area contributed by atoms with Crippen molar-refractivity contribution < 1.29 is 4.79 Å². The monoisotopic (exact) mass is 339 g/mol. The molecule has 24 heavy (non-hydrogen) atoms. The molecule has 1 fully saturated rings. The lowest BCUT2D eigenvalue weighted by Gasteiger charge is -2.33. The van der Waals surface area contributed by atoms with E-state index in [4.69, 9.17) is 0 Å². The van der Waals surface area contributed by atoms with Crippen LogP contribution < -0.4 is 0 Å². The van der Waals surface area contributed by atoms with Crippen LogP contribution in [-0.4, -0.2) is 43.4 Å². The number of hydrogen-bond donors (Lipinski definition) is 0. The van der Waals surface area contributed by atoms with E-state index in [1.54, 1.807) is 18.6 Å². The van der Waals surface area contributed by atoms with E-state index in [1.807, 2.05) is 35.6 Å². The maximum atomic E-state index is 12.8. The Labute approximate surface area is 143 Å². The molecule has 0 aliphatic carbocycles. The lowest BCUT2D eigenvalue weighted by molar-refractivity contribution is 0.0684. The highest BCUT2D eigenvalue weighted by atomic mass is 32.1. The highest BCUT2D eigenvalue weighted by Crippen LogP contribution is 2.27. The highest BCUT2D eigenvalue weighted by Gasteiger charge is 2.26. The second kappa shape index (κ2) is 6.52. The van der Waals surface area contributed by atoms with E-state index in [2.05, 4.69) is 19.5 Å². The summed E-state index contributed by atoms with van der Waals surface area (Å²) in [7, 11) is 0. The Morgan fingerprint density at radius 3 is 3.00 bits per heavy atom. The van der Waals surface area contributed by atoms with Crippen LogP contribution in [0.3, 0.4) is 0 Å². The van der Waals surface area contributed by atoms with Crippen molar-refractivity contribution in [1.82, 2.24) is 24.4 Å². The number of piperidine rings is 1. The second-order valence-electron chi connectivity index (χ2n) is 5.80. The molecule has 6 nitrogen and oxygen atoms in total. The normalized spacial score (nSPS) is 17.8. The third kappa shape index (κ3) is 2.94. The molecule has 1 amide bonds. The number of aromatic nitrogens is 4. The van der Waals surface area contributed by atoms with Gasteiger partial charge in [0.25, 0.3) is 5.91 Å². The Kier molecular flexibility index (Phi) is 4.08. The molecule has 4 rings (SSSR count). The van der Waals surface area contributed by atoms with E-state index >= 15 is 0 Å². The summed E-state index contributed by atoms with van der Waals surface area (Å²) in [6.45, 7) is 1.51. The molecule has 1 atom stereocenters. The molecule has 3 aromatic rings. The molecule has 0 N–H and O–H groups in total. The van der Waals surface area contributed by atoms with E-state index in [0.29, 0.717) is 17.5 Å². The molecule has 0 spiro atoms. The van der Waals surface area contributed by atoms with Crippen LogP contribution in [0, 0.1) is 0 Å². The van der Waals surface area contributed by atoms with Gasteiger partial charge in [-0.05, 0) is 25.0 Å². The number of carbonyl (C=O) groups excluding carboxylic acids is 1. The van der Waals surface area contributed by atoms with E-state index < -0.39 is 0 Å². The molecule has 122 valence electrons. The average molecular weight is 339 g/mol. The zero-order valence-electron chi connectivity index (χ0n) is 13.1. The summed E-state index contributed by atoms with van der Waals surface area (Å²) in [5, 5.41) is 0.780. The van der Waals surface area contributed by atoms with Crippen LogP contribution in [0.5, 0.6) is 0 Å². The van der Waals surface area contributed by atoms with Crippen LogP contribution in [0.15, 0.2) is 49.3 Å². The Morgan fingerprint density at radius 2 is 2.21 bits per heavy atom. The SMILES string of the molecule is O=C(c1cnc(-c2ccccn2)s1)N1CCC[C@@H](n2ccnc2)C1. The topological polar surface area (TPSA) is 63.9 Å². The van der Waals surface area contributed by atoms with Crippen LogP contribution in [-0.2, 0) is 0 Å². The molecule has 1 saturated heterocycles. The zero-order chi connectivity index (χ0) is 16.4. The fourth-order valence-electron chi connectivity index (χ4n) is 3.00. The van der Waals surface area contributed by atoms with Crippen LogP contribution in [0.4, 0.5) is 0 Å². The molecule has 0 bridgehead atoms. The number of thiazole rings is 1. The Balaban J connectivity index is 1.50. The van der Waals surface area contributed by atoms with Gasteiger partial charge in [-0.25, -0.2) is 9.97 Å². The van der Waals surface area contributed by atoms with Crippen molar-refractivity contribution in [2.24, 2.45) is 0 Å². The molecule has 7 heteroatoms. The smallest absolute Gasteiger partial charge is 0.265 e. The maximum Gasteiger partial charge on any atom is 0.265 e. The number of imidazole rings is 1. The number of hydrogen-bond acceptors (Lipinski definition) is 5. The Morgan fingerprint density at radius 1 is 1.25 bits per heavy atom. The molecule has 3 aromatic heterocycles. The van der Waals surface area contributed by atoms with Crippen molar-refractivity contribution in [1.29, 1.82) is 0 Å².